The number of benzene rings is 4. The van der Waals surface area contributed by atoms with Gasteiger partial charge in [0.15, 0.2) is 0 Å². The third-order valence-electron chi connectivity index (χ3n) is 4.48. The predicted octanol–water partition coefficient (Wildman–Crippen LogP) is 5.63. The Kier molecular flexibility index (Phi) is 5.00. The summed E-state index contributed by atoms with van der Waals surface area (Å²) in [6, 6.07) is 37.6. The van der Waals surface area contributed by atoms with Crippen LogP contribution in [-0.2, 0) is 0 Å². The van der Waals surface area contributed by atoms with Crippen molar-refractivity contribution in [3.8, 4) is 0 Å². The maximum atomic E-state index is 13.5. The van der Waals surface area contributed by atoms with Crippen molar-refractivity contribution < 1.29 is 4.39 Å². The minimum atomic E-state index is -2.29. The maximum absolute atomic E-state index is 13.5. The summed E-state index contributed by atoms with van der Waals surface area (Å²) in [7, 11) is -2.29. The molecule has 0 fully saturated rings. The third-order valence-corrected chi connectivity index (χ3v) is 8.15. The summed E-state index contributed by atoms with van der Waals surface area (Å²) < 4.78 is 18.7. The van der Waals surface area contributed by atoms with Crippen LogP contribution in [0, 0.1) is 5.82 Å². The molecular weight excluding hydrogens is 352 g/mol. The highest BCUT2D eigenvalue weighted by Gasteiger charge is 2.27. The first kappa shape index (κ1) is 17.5. The lowest BCUT2D eigenvalue weighted by Crippen LogP contribution is -2.25. The zero-order valence-corrected chi connectivity index (χ0v) is 15.6. The van der Waals surface area contributed by atoms with E-state index >= 15 is 0 Å². The Balaban J connectivity index is 2.11. The molecule has 4 aromatic carbocycles. The highest BCUT2D eigenvalue weighted by Crippen LogP contribution is 2.49. The van der Waals surface area contributed by atoms with E-state index in [4.69, 9.17) is 4.74 Å². The molecule has 0 saturated heterocycles. The fourth-order valence-corrected chi connectivity index (χ4v) is 6.76. The Labute approximate surface area is 159 Å². The van der Waals surface area contributed by atoms with Crippen molar-refractivity contribution in [2.24, 2.45) is 4.74 Å². The van der Waals surface area contributed by atoms with Crippen molar-refractivity contribution in [3.05, 3.63) is 121 Å². The Morgan fingerprint density at radius 1 is 0.481 bits per heavy atom. The SMILES string of the molecule is Fc1ccc(N=P(c2ccccc2)(c2ccccc2)c2ccccc2)cc1. The lowest BCUT2D eigenvalue weighted by Gasteiger charge is -2.27. The van der Waals surface area contributed by atoms with Crippen LogP contribution in [0.5, 0.6) is 0 Å². The Morgan fingerprint density at radius 2 is 0.852 bits per heavy atom. The van der Waals surface area contributed by atoms with Gasteiger partial charge in [0.1, 0.15) is 5.82 Å². The zero-order chi connectivity index (χ0) is 18.5. The van der Waals surface area contributed by atoms with Crippen LogP contribution >= 0.6 is 7.05 Å². The molecule has 4 aromatic rings. The zero-order valence-electron chi connectivity index (χ0n) is 14.7. The smallest absolute Gasteiger partial charge is 0.123 e. The van der Waals surface area contributed by atoms with Crippen molar-refractivity contribution in [2.75, 3.05) is 0 Å². The van der Waals surface area contributed by atoms with E-state index in [1.54, 1.807) is 12.1 Å². The monoisotopic (exact) mass is 371 g/mol. The summed E-state index contributed by atoms with van der Waals surface area (Å²) in [5, 5.41) is 3.52. The van der Waals surface area contributed by atoms with Crippen molar-refractivity contribution in [1.29, 1.82) is 0 Å². The molecule has 0 unspecified atom stereocenters. The van der Waals surface area contributed by atoms with Gasteiger partial charge in [0.25, 0.3) is 0 Å². The summed E-state index contributed by atoms with van der Waals surface area (Å²) in [5.74, 6) is -0.253. The predicted molar refractivity (Wildman–Crippen MR) is 114 cm³/mol. The van der Waals surface area contributed by atoms with Gasteiger partial charge in [0.2, 0.25) is 0 Å². The topological polar surface area (TPSA) is 12.4 Å². The number of rotatable bonds is 4. The van der Waals surface area contributed by atoms with Gasteiger partial charge in [-0.15, -0.1) is 0 Å². The van der Waals surface area contributed by atoms with E-state index in [0.717, 1.165) is 5.69 Å². The van der Waals surface area contributed by atoms with Crippen molar-refractivity contribution in [3.63, 3.8) is 0 Å². The number of hydrogen-bond donors (Lipinski definition) is 0. The molecule has 0 aromatic heterocycles. The first-order chi connectivity index (χ1) is 13.3. The molecular formula is C24H19FNP. The molecule has 0 aliphatic rings. The molecule has 0 heterocycles. The first-order valence-corrected chi connectivity index (χ1v) is 10.6. The average molecular weight is 371 g/mol. The van der Waals surface area contributed by atoms with Crippen LogP contribution in [0.15, 0.2) is 120 Å². The highest BCUT2D eigenvalue weighted by molar-refractivity contribution is 7.87. The average Bonchev–Trinajstić information content (AvgIpc) is 2.75. The highest BCUT2D eigenvalue weighted by atomic mass is 31.2. The van der Waals surface area contributed by atoms with Crippen LogP contribution in [0.3, 0.4) is 0 Å². The molecule has 0 atom stereocenters. The van der Waals surface area contributed by atoms with Gasteiger partial charge in [-0.1, -0.05) is 91.0 Å². The summed E-state index contributed by atoms with van der Waals surface area (Å²) in [6.45, 7) is 0. The largest absolute Gasteiger partial charge is 0.254 e. The summed E-state index contributed by atoms with van der Waals surface area (Å²) >= 11 is 0. The molecule has 4 rings (SSSR count). The van der Waals surface area contributed by atoms with Gasteiger partial charge < -0.3 is 0 Å². The molecule has 3 heteroatoms. The standard InChI is InChI=1S/C24H19FNP/c25-20-16-18-21(19-17-20)26-27(22-10-4-1-5-11-22,23-12-6-2-7-13-23)24-14-8-3-9-15-24/h1-19H. The van der Waals surface area contributed by atoms with Gasteiger partial charge >= 0.3 is 0 Å². The van der Waals surface area contributed by atoms with Crippen LogP contribution in [0.4, 0.5) is 10.1 Å². The lowest BCUT2D eigenvalue weighted by atomic mass is 10.3. The van der Waals surface area contributed by atoms with Crippen LogP contribution in [0.2, 0.25) is 0 Å². The fourth-order valence-electron chi connectivity index (χ4n) is 3.23. The van der Waals surface area contributed by atoms with E-state index in [-0.39, 0.29) is 5.82 Å². The molecule has 0 aliphatic carbocycles. The van der Waals surface area contributed by atoms with Crippen LogP contribution < -0.4 is 15.9 Å². The molecule has 0 radical (unpaired) electrons. The second kappa shape index (κ2) is 7.73. The van der Waals surface area contributed by atoms with Crippen LogP contribution in [-0.4, -0.2) is 0 Å². The van der Waals surface area contributed by atoms with Crippen LogP contribution in [0.1, 0.15) is 0 Å². The molecule has 0 spiro atoms. The van der Waals surface area contributed by atoms with E-state index in [2.05, 4.69) is 72.8 Å². The summed E-state index contributed by atoms with van der Waals surface area (Å²) in [6.07, 6.45) is 0. The van der Waals surface area contributed by atoms with E-state index in [9.17, 15) is 4.39 Å². The van der Waals surface area contributed by atoms with Crippen molar-refractivity contribution in [1.82, 2.24) is 0 Å². The summed E-state index contributed by atoms with van der Waals surface area (Å²) in [5.41, 5.74) is 0.779. The Bertz CT molecular complexity index is 956. The van der Waals surface area contributed by atoms with E-state index in [0.29, 0.717) is 0 Å². The van der Waals surface area contributed by atoms with Gasteiger partial charge in [-0.2, -0.15) is 0 Å². The van der Waals surface area contributed by atoms with Crippen molar-refractivity contribution in [2.45, 2.75) is 0 Å². The minimum Gasteiger partial charge on any atom is -0.254 e. The Morgan fingerprint density at radius 3 is 1.22 bits per heavy atom. The number of halogens is 1. The number of hydrogen-bond acceptors (Lipinski definition) is 1. The molecule has 27 heavy (non-hydrogen) atoms. The van der Waals surface area contributed by atoms with E-state index in [1.807, 2.05) is 18.2 Å². The fraction of sp³-hybridized carbons (Fsp3) is 0. The van der Waals surface area contributed by atoms with Crippen LogP contribution in [0.25, 0.3) is 0 Å². The normalized spacial score (nSPS) is 11.1. The van der Waals surface area contributed by atoms with Gasteiger partial charge in [0.05, 0.1) is 12.7 Å². The maximum Gasteiger partial charge on any atom is 0.123 e. The minimum absolute atomic E-state index is 0.253. The molecule has 0 saturated carbocycles. The molecule has 0 aliphatic heterocycles. The van der Waals surface area contributed by atoms with E-state index in [1.165, 1.54) is 28.0 Å². The molecule has 132 valence electrons. The lowest BCUT2D eigenvalue weighted by molar-refractivity contribution is 0.628. The molecule has 1 nitrogen and oxygen atoms in total. The Hall–Kier alpha value is -2.96. The molecule has 0 N–H and O–H groups in total. The van der Waals surface area contributed by atoms with Gasteiger partial charge in [-0.05, 0) is 24.3 Å². The second-order valence-electron chi connectivity index (χ2n) is 6.22. The van der Waals surface area contributed by atoms with E-state index < -0.39 is 7.05 Å². The quantitative estimate of drug-likeness (QED) is 0.412. The summed E-state index contributed by atoms with van der Waals surface area (Å²) in [4.78, 5) is 0. The van der Waals surface area contributed by atoms with Gasteiger partial charge in [0, 0.05) is 15.9 Å². The first-order valence-electron chi connectivity index (χ1n) is 8.84. The molecule has 0 bridgehead atoms. The molecule has 0 amide bonds. The van der Waals surface area contributed by atoms with Gasteiger partial charge in [-0.3, -0.25) is 4.74 Å². The van der Waals surface area contributed by atoms with Gasteiger partial charge in [-0.25, -0.2) is 4.39 Å². The second-order valence-corrected chi connectivity index (χ2v) is 9.24. The third kappa shape index (κ3) is 3.49. The van der Waals surface area contributed by atoms with Crippen molar-refractivity contribution >= 4 is 28.7 Å². The number of nitrogens with zero attached hydrogens (tertiary/aromatic N) is 1.